The molecule has 2 aliphatic heterocycles. The fraction of sp³-hybridized carbons (Fsp3) is 1.00. The summed E-state index contributed by atoms with van der Waals surface area (Å²) in [5, 5.41) is 3.72. The molecule has 0 aromatic heterocycles. The van der Waals surface area contributed by atoms with Gasteiger partial charge in [0.15, 0.2) is 0 Å². The molecular weight excluding hydrogens is 214 g/mol. The van der Waals surface area contributed by atoms with Crippen molar-refractivity contribution in [2.24, 2.45) is 0 Å². The van der Waals surface area contributed by atoms with Crippen LogP contribution in [0.1, 0.15) is 25.7 Å². The predicted octanol–water partition coefficient (Wildman–Crippen LogP) is 1.38. The molecule has 0 aromatic carbocycles. The molecule has 2 fully saturated rings. The van der Waals surface area contributed by atoms with Crippen LogP contribution in [0.2, 0.25) is 0 Å². The van der Waals surface area contributed by atoms with E-state index in [1.165, 1.54) is 24.3 Å². The molecule has 1 N–H and O–H groups in total. The second-order valence-corrected chi connectivity index (χ2v) is 7.05. The first-order valence-electron chi connectivity index (χ1n) is 5.53. The summed E-state index contributed by atoms with van der Waals surface area (Å²) in [6.07, 6.45) is 4.94. The van der Waals surface area contributed by atoms with Crippen LogP contribution in [0.5, 0.6) is 0 Å². The summed E-state index contributed by atoms with van der Waals surface area (Å²) in [6.45, 7) is 0. The Labute approximate surface area is 93.1 Å². The largest absolute Gasteiger partial charge is 0.310 e. The van der Waals surface area contributed by atoms with Gasteiger partial charge in [0.05, 0.1) is 0 Å². The molecule has 2 aliphatic rings. The lowest BCUT2D eigenvalue weighted by Gasteiger charge is -2.30. The lowest BCUT2D eigenvalue weighted by molar-refractivity contribution is 0.403. The zero-order valence-electron chi connectivity index (χ0n) is 8.54. The van der Waals surface area contributed by atoms with Gasteiger partial charge in [0.2, 0.25) is 0 Å². The van der Waals surface area contributed by atoms with Crippen LogP contribution in [0.15, 0.2) is 0 Å². The molecule has 1 unspecified atom stereocenters. The minimum Gasteiger partial charge on any atom is -0.310 e. The number of hydrogen-bond donors (Lipinski definition) is 1. The first kappa shape index (κ1) is 11.0. The minimum atomic E-state index is -0.513. The summed E-state index contributed by atoms with van der Waals surface area (Å²) in [7, 11) is -0.513. The molecule has 0 spiro atoms. The normalized spacial score (nSPS) is 39.6. The Morgan fingerprint density at radius 2 is 1.93 bits per heavy atom. The Morgan fingerprint density at radius 3 is 2.57 bits per heavy atom. The Balaban J connectivity index is 1.71. The van der Waals surface area contributed by atoms with Crippen LogP contribution in [-0.2, 0) is 10.8 Å². The molecular formula is C10H19NOS2. The second-order valence-electron chi connectivity index (χ2n) is 4.20. The molecule has 2 heterocycles. The van der Waals surface area contributed by atoms with Gasteiger partial charge in [0.25, 0.3) is 0 Å². The highest BCUT2D eigenvalue weighted by Crippen LogP contribution is 2.19. The smallest absolute Gasteiger partial charge is 0.0249 e. The lowest BCUT2D eigenvalue weighted by Crippen LogP contribution is -2.44. The van der Waals surface area contributed by atoms with E-state index in [4.69, 9.17) is 0 Å². The SMILES string of the molecule is O=S1CCC(NC2CCCSC2)CC1. The van der Waals surface area contributed by atoms with Crippen LogP contribution in [-0.4, -0.2) is 39.3 Å². The Morgan fingerprint density at radius 1 is 1.14 bits per heavy atom. The predicted molar refractivity (Wildman–Crippen MR) is 64.4 cm³/mol. The Kier molecular flexibility index (Phi) is 4.32. The molecule has 0 saturated carbocycles. The van der Waals surface area contributed by atoms with E-state index in [2.05, 4.69) is 17.1 Å². The quantitative estimate of drug-likeness (QED) is 0.781. The third-order valence-electron chi connectivity index (χ3n) is 3.02. The van der Waals surface area contributed by atoms with Crippen molar-refractivity contribution in [3.05, 3.63) is 0 Å². The summed E-state index contributed by atoms with van der Waals surface area (Å²) in [5.41, 5.74) is 0. The monoisotopic (exact) mass is 233 g/mol. The van der Waals surface area contributed by atoms with E-state index in [0.29, 0.717) is 6.04 Å². The number of nitrogens with one attached hydrogen (secondary N) is 1. The molecule has 0 aromatic rings. The summed E-state index contributed by atoms with van der Waals surface area (Å²) >= 11 is 2.07. The van der Waals surface area contributed by atoms with Gasteiger partial charge in [0.1, 0.15) is 0 Å². The van der Waals surface area contributed by atoms with Crippen LogP contribution in [0.25, 0.3) is 0 Å². The molecule has 4 heteroatoms. The van der Waals surface area contributed by atoms with Gasteiger partial charge in [-0.2, -0.15) is 11.8 Å². The van der Waals surface area contributed by atoms with Gasteiger partial charge in [-0.3, -0.25) is 4.21 Å². The molecule has 2 saturated heterocycles. The van der Waals surface area contributed by atoms with E-state index in [1.807, 2.05) is 0 Å². The number of rotatable bonds is 2. The van der Waals surface area contributed by atoms with Gasteiger partial charge in [-0.05, 0) is 31.4 Å². The van der Waals surface area contributed by atoms with Crippen molar-refractivity contribution >= 4 is 22.6 Å². The van der Waals surface area contributed by atoms with Crippen LogP contribution in [0.4, 0.5) is 0 Å². The van der Waals surface area contributed by atoms with Crippen LogP contribution >= 0.6 is 11.8 Å². The van der Waals surface area contributed by atoms with E-state index in [9.17, 15) is 4.21 Å². The average Bonchev–Trinajstić information content (AvgIpc) is 2.23. The molecule has 1 atom stereocenters. The van der Waals surface area contributed by atoms with Crippen LogP contribution in [0, 0.1) is 0 Å². The maximum Gasteiger partial charge on any atom is 0.0249 e. The maximum atomic E-state index is 11.2. The number of hydrogen-bond acceptors (Lipinski definition) is 3. The standard InChI is InChI=1S/C10H19NOS2/c12-14-6-3-9(4-7-14)11-10-2-1-5-13-8-10/h9-11H,1-8H2. The first-order valence-corrected chi connectivity index (χ1v) is 8.17. The van der Waals surface area contributed by atoms with E-state index in [-0.39, 0.29) is 0 Å². The molecule has 0 aliphatic carbocycles. The second kappa shape index (κ2) is 5.52. The zero-order valence-corrected chi connectivity index (χ0v) is 10.2. The van der Waals surface area contributed by atoms with E-state index in [1.54, 1.807) is 0 Å². The van der Waals surface area contributed by atoms with Crippen molar-refractivity contribution in [3.8, 4) is 0 Å². The molecule has 2 rings (SSSR count). The average molecular weight is 233 g/mol. The van der Waals surface area contributed by atoms with Crippen molar-refractivity contribution in [1.82, 2.24) is 5.32 Å². The number of thioether (sulfide) groups is 1. The van der Waals surface area contributed by atoms with Gasteiger partial charge in [-0.15, -0.1) is 0 Å². The fourth-order valence-corrected chi connectivity index (χ4v) is 4.55. The molecule has 14 heavy (non-hydrogen) atoms. The van der Waals surface area contributed by atoms with Gasteiger partial charge in [-0.25, -0.2) is 0 Å². The van der Waals surface area contributed by atoms with Crippen LogP contribution in [0.3, 0.4) is 0 Å². The van der Waals surface area contributed by atoms with Crippen molar-refractivity contribution in [3.63, 3.8) is 0 Å². The van der Waals surface area contributed by atoms with Crippen LogP contribution < -0.4 is 5.32 Å². The highest BCUT2D eigenvalue weighted by Gasteiger charge is 2.21. The van der Waals surface area contributed by atoms with Crippen molar-refractivity contribution in [2.75, 3.05) is 23.0 Å². The third kappa shape index (κ3) is 3.24. The van der Waals surface area contributed by atoms with Gasteiger partial charge in [-0.1, -0.05) is 0 Å². The molecule has 82 valence electrons. The summed E-state index contributed by atoms with van der Waals surface area (Å²) in [6, 6.07) is 1.38. The molecule has 2 nitrogen and oxygen atoms in total. The van der Waals surface area contributed by atoms with Crippen molar-refractivity contribution in [2.45, 2.75) is 37.8 Å². The van der Waals surface area contributed by atoms with E-state index in [0.717, 1.165) is 30.4 Å². The maximum absolute atomic E-state index is 11.2. The van der Waals surface area contributed by atoms with Gasteiger partial charge >= 0.3 is 0 Å². The van der Waals surface area contributed by atoms with Gasteiger partial charge in [0, 0.05) is 40.1 Å². The molecule has 0 amide bonds. The minimum absolute atomic E-state index is 0.513. The highest BCUT2D eigenvalue weighted by molar-refractivity contribution is 7.99. The molecule has 0 radical (unpaired) electrons. The fourth-order valence-electron chi connectivity index (χ4n) is 2.17. The lowest BCUT2D eigenvalue weighted by atomic mass is 10.1. The molecule has 0 bridgehead atoms. The summed E-state index contributed by atoms with van der Waals surface area (Å²) in [4.78, 5) is 0. The van der Waals surface area contributed by atoms with E-state index >= 15 is 0 Å². The topological polar surface area (TPSA) is 29.1 Å². The van der Waals surface area contributed by atoms with Gasteiger partial charge < -0.3 is 5.32 Å². The Bertz CT molecular complexity index is 194. The summed E-state index contributed by atoms with van der Waals surface area (Å²) in [5.74, 6) is 4.45. The van der Waals surface area contributed by atoms with Crippen molar-refractivity contribution in [1.29, 1.82) is 0 Å². The first-order chi connectivity index (χ1) is 6.84. The third-order valence-corrected chi connectivity index (χ3v) is 5.62. The Hall–Kier alpha value is 0.460. The van der Waals surface area contributed by atoms with E-state index < -0.39 is 10.8 Å². The summed E-state index contributed by atoms with van der Waals surface area (Å²) < 4.78 is 11.2. The highest BCUT2D eigenvalue weighted by atomic mass is 32.2. The zero-order chi connectivity index (χ0) is 9.80. The van der Waals surface area contributed by atoms with Crippen molar-refractivity contribution < 1.29 is 4.21 Å².